The molecule has 2 unspecified atom stereocenters. The van der Waals surface area contributed by atoms with Crippen LogP contribution in [0, 0.1) is 5.92 Å². The molecule has 32 heavy (non-hydrogen) atoms. The fourth-order valence-electron chi connectivity index (χ4n) is 3.34. The summed E-state index contributed by atoms with van der Waals surface area (Å²) in [5.74, 6) is -2.22. The number of nitrogens with one attached hydrogen (secondary N) is 3. The van der Waals surface area contributed by atoms with Crippen LogP contribution in [-0.2, 0) is 37.2 Å². The number of ketones is 1. The third-order valence-corrected chi connectivity index (χ3v) is 7.24. The molecule has 3 N–H and O–H groups in total. The smallest absolute Gasteiger partial charge is 0.289 e. The first-order valence-electron chi connectivity index (χ1n) is 10.3. The predicted octanol–water partition coefficient (Wildman–Crippen LogP) is 0.805. The molecule has 2 atom stereocenters. The summed E-state index contributed by atoms with van der Waals surface area (Å²) in [6.45, 7) is 3.98. The normalized spacial score (nSPS) is 18.2. The lowest BCUT2D eigenvalue weighted by atomic mass is 10.0. The average Bonchev–Trinajstić information content (AvgIpc) is 3.18. The van der Waals surface area contributed by atoms with Gasteiger partial charge in [-0.05, 0) is 42.1 Å². The Balaban J connectivity index is 1.81. The summed E-state index contributed by atoms with van der Waals surface area (Å²) < 4.78 is 32.3. The van der Waals surface area contributed by atoms with Crippen LogP contribution in [0.3, 0.4) is 0 Å². The van der Waals surface area contributed by atoms with E-state index >= 15 is 0 Å². The minimum atomic E-state index is -3.96. The van der Waals surface area contributed by atoms with E-state index in [4.69, 9.17) is 0 Å². The van der Waals surface area contributed by atoms with Crippen molar-refractivity contribution in [2.45, 2.75) is 50.1 Å². The maximum Gasteiger partial charge on any atom is 0.289 e. The van der Waals surface area contributed by atoms with Gasteiger partial charge in [0.25, 0.3) is 5.91 Å². The molecule has 0 saturated heterocycles. The second-order valence-electron chi connectivity index (χ2n) is 8.04. The summed E-state index contributed by atoms with van der Waals surface area (Å²) in [7, 11) is -3.96. The van der Waals surface area contributed by atoms with Crippen molar-refractivity contribution in [3.8, 4) is 0 Å². The van der Waals surface area contributed by atoms with E-state index in [9.17, 15) is 22.8 Å². The summed E-state index contributed by atoms with van der Waals surface area (Å²) in [5, 5.41) is 5.13. The van der Waals surface area contributed by atoms with Gasteiger partial charge in [-0.1, -0.05) is 32.0 Å². The van der Waals surface area contributed by atoms with Crippen molar-refractivity contribution in [2.75, 3.05) is 6.54 Å². The van der Waals surface area contributed by atoms with Gasteiger partial charge in [0, 0.05) is 24.3 Å². The maximum atomic E-state index is 13.1. The van der Waals surface area contributed by atoms with Crippen molar-refractivity contribution in [1.29, 1.82) is 0 Å². The molecule has 0 saturated carbocycles. The molecule has 1 aromatic carbocycles. The zero-order chi connectivity index (χ0) is 23.3. The topological polar surface area (TPSA) is 134 Å². The van der Waals surface area contributed by atoms with E-state index in [2.05, 4.69) is 19.7 Å². The van der Waals surface area contributed by atoms with Crippen molar-refractivity contribution < 1.29 is 22.8 Å². The van der Waals surface area contributed by atoms with Crippen molar-refractivity contribution in [2.24, 2.45) is 5.92 Å². The summed E-state index contributed by atoms with van der Waals surface area (Å²) in [5.41, 5.74) is 0.804. The van der Waals surface area contributed by atoms with Crippen LogP contribution in [0.1, 0.15) is 30.8 Å². The average molecular weight is 479 g/mol. The molecule has 3 rings (SSSR count). The Labute approximate surface area is 191 Å². The fourth-order valence-corrected chi connectivity index (χ4v) is 5.37. The summed E-state index contributed by atoms with van der Waals surface area (Å²) >= 11 is 1.21. The van der Waals surface area contributed by atoms with Crippen molar-refractivity contribution >= 4 is 39.2 Å². The van der Waals surface area contributed by atoms with Gasteiger partial charge in [0.05, 0.1) is 10.6 Å². The highest BCUT2D eigenvalue weighted by atomic mass is 32.2. The second kappa shape index (κ2) is 10.3. The number of amides is 2. The van der Waals surface area contributed by atoms with E-state index in [1.165, 1.54) is 23.7 Å². The van der Waals surface area contributed by atoms with E-state index in [-0.39, 0.29) is 30.2 Å². The van der Waals surface area contributed by atoms with Gasteiger partial charge in [-0.25, -0.2) is 8.42 Å². The van der Waals surface area contributed by atoms with E-state index in [0.717, 1.165) is 10.6 Å². The van der Waals surface area contributed by atoms with Crippen LogP contribution in [0.15, 0.2) is 41.3 Å². The van der Waals surface area contributed by atoms with E-state index < -0.39 is 39.7 Å². The van der Waals surface area contributed by atoms with Gasteiger partial charge in [-0.2, -0.15) is 9.10 Å². The van der Waals surface area contributed by atoms with E-state index in [1.54, 1.807) is 18.2 Å². The van der Waals surface area contributed by atoms with Gasteiger partial charge in [0.15, 0.2) is 0 Å². The zero-order valence-corrected chi connectivity index (χ0v) is 19.5. The molecule has 0 aliphatic carbocycles. The third-order valence-electron chi connectivity index (χ3n) is 4.91. The highest BCUT2D eigenvalue weighted by Gasteiger charge is 2.33. The number of benzene rings is 1. The lowest BCUT2D eigenvalue weighted by Crippen LogP contribution is -2.55. The minimum absolute atomic E-state index is 0.00340. The largest absolute Gasteiger partial charge is 0.349 e. The molecule has 0 radical (unpaired) electrons. The summed E-state index contributed by atoms with van der Waals surface area (Å²) in [4.78, 5) is 38.8. The van der Waals surface area contributed by atoms with Crippen LogP contribution in [0.25, 0.3) is 0 Å². The molecule has 1 aromatic heterocycles. The molecule has 1 aliphatic rings. The lowest BCUT2D eigenvalue weighted by Gasteiger charge is -2.23. The fraction of sp³-hybridized carbons (Fsp3) is 0.429. The molecule has 2 heterocycles. The Bertz CT molecular complexity index is 1080. The lowest BCUT2D eigenvalue weighted by molar-refractivity contribution is -0.140. The highest BCUT2D eigenvalue weighted by Crippen LogP contribution is 2.16. The number of nitrogens with zero attached hydrogens (tertiary/aromatic N) is 1. The number of aromatic nitrogens is 1. The molecule has 2 aromatic rings. The number of Topliss-reactive ketones (excluding diaryl/α,β-unsaturated/α-hetero) is 1. The number of rotatable bonds is 7. The Morgan fingerprint density at radius 1 is 1.25 bits per heavy atom. The van der Waals surface area contributed by atoms with Crippen LogP contribution in [0.4, 0.5) is 0 Å². The van der Waals surface area contributed by atoms with Crippen molar-refractivity contribution in [1.82, 2.24) is 19.7 Å². The van der Waals surface area contributed by atoms with Crippen LogP contribution >= 0.6 is 11.5 Å². The number of carbonyl (C=O) groups excluding carboxylic acids is 3. The van der Waals surface area contributed by atoms with Crippen LogP contribution in [0.5, 0.6) is 0 Å². The summed E-state index contributed by atoms with van der Waals surface area (Å²) in [6.07, 6.45) is 0.843. The van der Waals surface area contributed by atoms with Crippen LogP contribution < -0.4 is 15.4 Å². The first kappa shape index (κ1) is 24.0. The van der Waals surface area contributed by atoms with E-state index in [1.807, 2.05) is 19.9 Å². The summed E-state index contributed by atoms with van der Waals surface area (Å²) in [6, 6.07) is 7.36. The number of fused-ring (bicyclic) bond motifs is 2. The molecule has 2 amide bonds. The first-order chi connectivity index (χ1) is 15.2. The van der Waals surface area contributed by atoms with Crippen molar-refractivity contribution in [3.05, 3.63) is 47.0 Å². The Morgan fingerprint density at radius 2 is 1.97 bits per heavy atom. The SMILES string of the molecule is CC(C)CC(NS(=O)(=O)c1ccccc1)C(=O)NC1Cc2cc(ns2)CCNC(=O)C1=O. The van der Waals surface area contributed by atoms with Gasteiger partial charge < -0.3 is 10.6 Å². The number of hydrogen-bond donors (Lipinski definition) is 3. The second-order valence-corrected chi connectivity index (χ2v) is 10.6. The van der Waals surface area contributed by atoms with E-state index in [0.29, 0.717) is 6.42 Å². The number of carbonyl (C=O) groups is 3. The minimum Gasteiger partial charge on any atom is -0.349 e. The maximum absolute atomic E-state index is 13.1. The van der Waals surface area contributed by atoms with Gasteiger partial charge in [0.2, 0.25) is 21.7 Å². The Kier molecular flexibility index (Phi) is 7.75. The van der Waals surface area contributed by atoms with Gasteiger partial charge in [-0.3, -0.25) is 14.4 Å². The van der Waals surface area contributed by atoms with Crippen LogP contribution in [0.2, 0.25) is 0 Å². The predicted molar refractivity (Wildman–Crippen MR) is 119 cm³/mol. The first-order valence-corrected chi connectivity index (χ1v) is 12.6. The molecule has 1 aliphatic heterocycles. The number of sulfonamides is 1. The monoisotopic (exact) mass is 478 g/mol. The molecule has 2 bridgehead atoms. The Morgan fingerprint density at radius 3 is 2.66 bits per heavy atom. The molecular weight excluding hydrogens is 452 g/mol. The molecule has 172 valence electrons. The molecule has 11 heteroatoms. The van der Waals surface area contributed by atoms with Gasteiger partial charge >= 0.3 is 0 Å². The standard InChI is InChI=1S/C21H26N4O5S2/c1-13(2)10-18(25-32(29,30)16-6-4-3-5-7-16)20(27)23-17-12-15-11-14(24-31-15)8-9-22-21(28)19(17)26/h3-7,11,13,17-18,25H,8-10,12H2,1-2H3,(H,22,28)(H,23,27). The quantitative estimate of drug-likeness (QED) is 0.504. The molecule has 0 fully saturated rings. The van der Waals surface area contributed by atoms with Gasteiger partial charge in [0.1, 0.15) is 12.1 Å². The van der Waals surface area contributed by atoms with Crippen molar-refractivity contribution in [3.63, 3.8) is 0 Å². The molecule has 0 spiro atoms. The molecular formula is C21H26N4O5S2. The third kappa shape index (κ3) is 6.21. The Hall–Kier alpha value is -2.63. The zero-order valence-electron chi connectivity index (χ0n) is 17.8. The van der Waals surface area contributed by atoms with Crippen LogP contribution in [-0.4, -0.2) is 49.0 Å². The molecule has 9 nitrogen and oxygen atoms in total. The number of hydrogen-bond acceptors (Lipinski definition) is 7. The highest BCUT2D eigenvalue weighted by molar-refractivity contribution is 7.89. The van der Waals surface area contributed by atoms with Gasteiger partial charge in [-0.15, -0.1) is 0 Å².